The van der Waals surface area contributed by atoms with Crippen molar-refractivity contribution in [3.8, 4) is 0 Å². The predicted octanol–water partition coefficient (Wildman–Crippen LogP) is 3.36. The highest BCUT2D eigenvalue weighted by Crippen LogP contribution is 2.17. The molecule has 0 saturated heterocycles. The molecule has 16 heavy (non-hydrogen) atoms. The van der Waals surface area contributed by atoms with Crippen LogP contribution in [0, 0.1) is 6.92 Å². The molecular weight excluding hydrogens is 198 g/mol. The fraction of sp³-hybridized carbons (Fsp3) is 0.500. The Morgan fingerprint density at radius 1 is 1.25 bits per heavy atom. The number of carbonyl (C=O) groups is 1. The normalized spacial score (nSPS) is 12.2. The zero-order chi connectivity index (χ0) is 12.0. The SMILES string of the molecule is CCCC(=O)NC(CC)c1ccc(C)cc1. The van der Waals surface area contributed by atoms with Crippen LogP contribution in [-0.2, 0) is 4.79 Å². The van der Waals surface area contributed by atoms with Crippen LogP contribution in [0.25, 0.3) is 0 Å². The topological polar surface area (TPSA) is 29.1 Å². The number of rotatable bonds is 5. The van der Waals surface area contributed by atoms with Crippen LogP contribution < -0.4 is 5.32 Å². The van der Waals surface area contributed by atoms with E-state index in [-0.39, 0.29) is 11.9 Å². The van der Waals surface area contributed by atoms with Crippen molar-refractivity contribution >= 4 is 5.91 Å². The van der Waals surface area contributed by atoms with Gasteiger partial charge in [0.25, 0.3) is 0 Å². The van der Waals surface area contributed by atoms with Crippen LogP contribution in [-0.4, -0.2) is 5.91 Å². The average molecular weight is 219 g/mol. The van der Waals surface area contributed by atoms with Gasteiger partial charge in [-0.1, -0.05) is 43.7 Å². The zero-order valence-electron chi connectivity index (χ0n) is 10.4. The highest BCUT2D eigenvalue weighted by Gasteiger charge is 2.11. The van der Waals surface area contributed by atoms with Gasteiger partial charge in [-0.25, -0.2) is 0 Å². The quantitative estimate of drug-likeness (QED) is 0.808. The summed E-state index contributed by atoms with van der Waals surface area (Å²) in [5, 5.41) is 3.06. The van der Waals surface area contributed by atoms with Crippen molar-refractivity contribution in [2.24, 2.45) is 0 Å². The van der Waals surface area contributed by atoms with Crippen molar-refractivity contribution in [1.29, 1.82) is 0 Å². The first-order valence-electron chi connectivity index (χ1n) is 6.03. The third-order valence-corrected chi connectivity index (χ3v) is 2.70. The Hall–Kier alpha value is -1.31. The van der Waals surface area contributed by atoms with Crippen molar-refractivity contribution in [3.63, 3.8) is 0 Å². The van der Waals surface area contributed by atoms with Gasteiger partial charge in [-0.05, 0) is 25.3 Å². The van der Waals surface area contributed by atoms with Gasteiger partial charge in [-0.3, -0.25) is 4.79 Å². The second-order valence-electron chi connectivity index (χ2n) is 4.19. The molecule has 0 aromatic heterocycles. The monoisotopic (exact) mass is 219 g/mol. The molecule has 1 atom stereocenters. The zero-order valence-corrected chi connectivity index (χ0v) is 10.4. The van der Waals surface area contributed by atoms with E-state index in [0.29, 0.717) is 6.42 Å². The summed E-state index contributed by atoms with van der Waals surface area (Å²) < 4.78 is 0. The van der Waals surface area contributed by atoms with Crippen molar-refractivity contribution in [2.75, 3.05) is 0 Å². The van der Waals surface area contributed by atoms with Gasteiger partial charge in [0.05, 0.1) is 6.04 Å². The molecule has 88 valence electrons. The van der Waals surface area contributed by atoms with Gasteiger partial charge in [0.1, 0.15) is 0 Å². The molecule has 1 amide bonds. The Morgan fingerprint density at radius 2 is 1.88 bits per heavy atom. The number of amides is 1. The van der Waals surface area contributed by atoms with Crippen LogP contribution in [0.15, 0.2) is 24.3 Å². The summed E-state index contributed by atoms with van der Waals surface area (Å²) in [6.07, 6.45) is 2.44. The molecule has 0 heterocycles. The summed E-state index contributed by atoms with van der Waals surface area (Å²) in [6, 6.07) is 8.51. The van der Waals surface area contributed by atoms with E-state index in [4.69, 9.17) is 0 Å². The van der Waals surface area contributed by atoms with Crippen LogP contribution in [0.1, 0.15) is 50.3 Å². The molecule has 0 aliphatic carbocycles. The van der Waals surface area contributed by atoms with Gasteiger partial charge < -0.3 is 5.32 Å². The lowest BCUT2D eigenvalue weighted by atomic mass is 10.0. The molecule has 1 unspecified atom stereocenters. The minimum absolute atomic E-state index is 0.148. The van der Waals surface area contributed by atoms with E-state index in [2.05, 4.69) is 43.4 Å². The van der Waals surface area contributed by atoms with Crippen LogP contribution in [0.2, 0.25) is 0 Å². The summed E-state index contributed by atoms with van der Waals surface area (Å²) in [6.45, 7) is 6.18. The Bertz CT molecular complexity index is 329. The summed E-state index contributed by atoms with van der Waals surface area (Å²) in [4.78, 5) is 11.5. The number of hydrogen-bond acceptors (Lipinski definition) is 1. The fourth-order valence-corrected chi connectivity index (χ4v) is 1.71. The molecule has 0 fully saturated rings. The molecule has 0 bridgehead atoms. The first kappa shape index (κ1) is 12.8. The summed E-state index contributed by atoms with van der Waals surface area (Å²) in [7, 11) is 0. The fourth-order valence-electron chi connectivity index (χ4n) is 1.71. The maximum atomic E-state index is 11.5. The van der Waals surface area contributed by atoms with Gasteiger partial charge >= 0.3 is 0 Å². The number of hydrogen-bond donors (Lipinski definition) is 1. The van der Waals surface area contributed by atoms with Crippen LogP contribution in [0.4, 0.5) is 0 Å². The first-order chi connectivity index (χ1) is 7.67. The third kappa shape index (κ3) is 3.69. The Morgan fingerprint density at radius 3 is 2.38 bits per heavy atom. The van der Waals surface area contributed by atoms with E-state index < -0.39 is 0 Å². The number of aryl methyl sites for hydroxylation is 1. The van der Waals surface area contributed by atoms with E-state index >= 15 is 0 Å². The minimum Gasteiger partial charge on any atom is -0.349 e. The largest absolute Gasteiger partial charge is 0.349 e. The predicted molar refractivity (Wildman–Crippen MR) is 67.3 cm³/mol. The smallest absolute Gasteiger partial charge is 0.220 e. The first-order valence-corrected chi connectivity index (χ1v) is 6.03. The maximum Gasteiger partial charge on any atom is 0.220 e. The lowest BCUT2D eigenvalue weighted by Gasteiger charge is -2.17. The van der Waals surface area contributed by atoms with Crippen molar-refractivity contribution in [1.82, 2.24) is 5.32 Å². The average Bonchev–Trinajstić information content (AvgIpc) is 2.27. The maximum absolute atomic E-state index is 11.5. The van der Waals surface area contributed by atoms with Crippen molar-refractivity contribution < 1.29 is 4.79 Å². The Kier molecular flexibility index (Phi) is 5.03. The molecule has 0 aliphatic rings. The molecule has 1 N–H and O–H groups in total. The molecule has 1 rings (SSSR count). The lowest BCUT2D eigenvalue weighted by Crippen LogP contribution is -2.27. The third-order valence-electron chi connectivity index (χ3n) is 2.70. The van der Waals surface area contributed by atoms with E-state index in [0.717, 1.165) is 12.8 Å². The minimum atomic E-state index is 0.148. The van der Waals surface area contributed by atoms with Crippen LogP contribution in [0.5, 0.6) is 0 Å². The molecule has 0 radical (unpaired) electrons. The van der Waals surface area contributed by atoms with E-state index in [9.17, 15) is 4.79 Å². The molecule has 2 nitrogen and oxygen atoms in total. The summed E-state index contributed by atoms with van der Waals surface area (Å²) in [5.41, 5.74) is 2.44. The van der Waals surface area contributed by atoms with E-state index in [1.807, 2.05) is 6.92 Å². The molecule has 0 saturated carbocycles. The number of nitrogens with one attached hydrogen (secondary N) is 1. The van der Waals surface area contributed by atoms with E-state index in [1.54, 1.807) is 0 Å². The lowest BCUT2D eigenvalue weighted by molar-refractivity contribution is -0.121. The molecule has 0 aliphatic heterocycles. The summed E-state index contributed by atoms with van der Waals surface area (Å²) in [5.74, 6) is 0.148. The summed E-state index contributed by atoms with van der Waals surface area (Å²) >= 11 is 0. The Balaban J connectivity index is 2.67. The van der Waals surface area contributed by atoms with Gasteiger partial charge in [-0.2, -0.15) is 0 Å². The van der Waals surface area contributed by atoms with Crippen LogP contribution in [0.3, 0.4) is 0 Å². The Labute approximate surface area is 98.1 Å². The molecule has 0 spiro atoms. The number of benzene rings is 1. The number of carbonyl (C=O) groups excluding carboxylic acids is 1. The van der Waals surface area contributed by atoms with Gasteiger partial charge in [0, 0.05) is 6.42 Å². The second kappa shape index (κ2) is 6.31. The molecule has 1 aromatic carbocycles. The standard InChI is InChI=1S/C14H21NO/c1-4-6-14(16)15-13(5-2)12-9-7-11(3)8-10-12/h7-10,13H,4-6H2,1-3H3,(H,15,16). The highest BCUT2D eigenvalue weighted by molar-refractivity contribution is 5.76. The second-order valence-corrected chi connectivity index (χ2v) is 4.19. The van der Waals surface area contributed by atoms with Gasteiger partial charge in [0.15, 0.2) is 0 Å². The van der Waals surface area contributed by atoms with Gasteiger partial charge in [-0.15, -0.1) is 0 Å². The van der Waals surface area contributed by atoms with Crippen molar-refractivity contribution in [3.05, 3.63) is 35.4 Å². The van der Waals surface area contributed by atoms with E-state index in [1.165, 1.54) is 11.1 Å². The van der Waals surface area contributed by atoms with Crippen molar-refractivity contribution in [2.45, 2.75) is 46.1 Å². The molecular formula is C14H21NO. The molecule has 2 heteroatoms. The van der Waals surface area contributed by atoms with Crippen LogP contribution >= 0.6 is 0 Å². The molecule has 1 aromatic rings. The highest BCUT2D eigenvalue weighted by atomic mass is 16.1. The van der Waals surface area contributed by atoms with Gasteiger partial charge in [0.2, 0.25) is 5.91 Å².